The second-order valence-corrected chi connectivity index (χ2v) is 13.9. The van der Waals surface area contributed by atoms with Crippen molar-refractivity contribution in [1.82, 2.24) is 9.71 Å². The summed E-state index contributed by atoms with van der Waals surface area (Å²) in [5, 5.41) is 0. The summed E-state index contributed by atoms with van der Waals surface area (Å²) in [4.78, 5) is 32.5. The molecule has 4 atom stereocenters. The van der Waals surface area contributed by atoms with Gasteiger partial charge in [-0.15, -0.1) is 0 Å². The number of sulfonamides is 1. The minimum atomic E-state index is -3.85. The number of hydrogen-bond donors (Lipinski definition) is 3. The zero-order valence-electron chi connectivity index (χ0n) is 23.3. The third kappa shape index (κ3) is 5.53. The Kier molecular flexibility index (Phi) is 8.05. The van der Waals surface area contributed by atoms with Crippen LogP contribution in [0.3, 0.4) is 0 Å². The SMILES string of the molecule is Cc1nc(N)ccc1C[N+]1(C(=O)[C@@H](CC2CCCCC2)NS(=O)(=O)Cc2ccccc2)CCC[C@@H]2C[C@@]21C(N)=O. The summed E-state index contributed by atoms with van der Waals surface area (Å²) in [6, 6.07) is 11.6. The van der Waals surface area contributed by atoms with Crippen molar-refractivity contribution >= 4 is 27.7 Å². The molecule has 2 heterocycles. The Labute approximate surface area is 237 Å². The van der Waals surface area contributed by atoms with Crippen LogP contribution in [0, 0.1) is 18.8 Å². The molecule has 40 heavy (non-hydrogen) atoms. The van der Waals surface area contributed by atoms with E-state index in [1.165, 1.54) is 0 Å². The number of primary amides is 1. The number of fused-ring (bicyclic) bond motifs is 1. The van der Waals surface area contributed by atoms with E-state index in [0.717, 1.165) is 50.5 Å². The Bertz CT molecular complexity index is 1360. The Morgan fingerprint density at radius 2 is 1.80 bits per heavy atom. The number of anilines is 1. The summed E-state index contributed by atoms with van der Waals surface area (Å²) in [5.41, 5.74) is 13.2. The molecule has 1 aromatic heterocycles. The summed E-state index contributed by atoms with van der Waals surface area (Å²) < 4.78 is 29.7. The number of hydrogen-bond acceptors (Lipinski definition) is 6. The van der Waals surface area contributed by atoms with Crippen LogP contribution in [0.25, 0.3) is 0 Å². The largest absolute Gasteiger partial charge is 0.384 e. The number of piperidine rings is 1. The number of rotatable bonds is 10. The first-order chi connectivity index (χ1) is 19.1. The normalized spacial score (nSPS) is 27.5. The van der Waals surface area contributed by atoms with Crippen LogP contribution < -0.4 is 16.2 Å². The van der Waals surface area contributed by atoms with Gasteiger partial charge in [0.15, 0.2) is 5.54 Å². The standard InChI is InChI=1S/C30H41N5O4S/c1-21-24(14-15-27(31)33-21)19-35(16-8-13-25-18-30(25,35)29(32)37)28(36)26(17-22-9-4-2-5-10-22)34-40(38,39)20-23-11-6-3-7-12-23/h3,6-7,11-12,14-15,22,25-26,34H,2,4-5,8-10,13,16-20H2,1H3,(H3-,31,32,33,37)/p+1/t25-,26-,30+,35?/m1/s1. The van der Waals surface area contributed by atoms with Gasteiger partial charge in [-0.1, -0.05) is 62.4 Å². The van der Waals surface area contributed by atoms with E-state index in [2.05, 4.69) is 9.71 Å². The number of nitrogens with zero attached hydrogens (tertiary/aromatic N) is 2. The Morgan fingerprint density at radius 1 is 1.07 bits per heavy atom. The third-order valence-electron chi connectivity index (χ3n) is 9.55. The summed E-state index contributed by atoms with van der Waals surface area (Å²) in [6.45, 7) is 2.52. The molecule has 2 amide bonds. The third-order valence-corrected chi connectivity index (χ3v) is 10.9. The average molecular weight is 569 g/mol. The molecular formula is C30H42N5O4S+. The first-order valence-electron chi connectivity index (χ1n) is 14.5. The van der Waals surface area contributed by atoms with Crippen LogP contribution in [0.5, 0.6) is 0 Å². The van der Waals surface area contributed by atoms with Gasteiger partial charge in [0, 0.05) is 23.6 Å². The minimum absolute atomic E-state index is 0.0148. The molecule has 0 bridgehead atoms. The highest BCUT2D eigenvalue weighted by atomic mass is 32.2. The lowest BCUT2D eigenvalue weighted by Crippen LogP contribution is -2.71. The van der Waals surface area contributed by atoms with E-state index < -0.39 is 27.5 Å². The summed E-state index contributed by atoms with van der Waals surface area (Å²) >= 11 is 0. The fraction of sp³-hybridized carbons (Fsp3) is 0.567. The van der Waals surface area contributed by atoms with Crippen LogP contribution >= 0.6 is 0 Å². The van der Waals surface area contributed by atoms with Crippen LogP contribution in [0.2, 0.25) is 0 Å². The molecule has 10 heteroatoms. The lowest BCUT2D eigenvalue weighted by atomic mass is 9.84. The van der Waals surface area contributed by atoms with E-state index in [0.29, 0.717) is 36.5 Å². The number of carbonyl (C=O) groups excluding carboxylic acids is 2. The number of benzene rings is 1. The molecule has 0 radical (unpaired) electrons. The molecule has 2 saturated carbocycles. The number of quaternary nitrogens is 1. The molecular weight excluding hydrogens is 526 g/mol. The fourth-order valence-corrected chi connectivity index (χ4v) is 8.82. The van der Waals surface area contributed by atoms with Crippen molar-refractivity contribution in [3.8, 4) is 0 Å². The van der Waals surface area contributed by atoms with E-state index in [1.54, 1.807) is 30.3 Å². The summed E-state index contributed by atoms with van der Waals surface area (Å²) in [5.74, 6) is -0.301. The molecule has 3 aliphatic rings. The smallest absolute Gasteiger partial charge is 0.332 e. The van der Waals surface area contributed by atoms with E-state index in [-0.39, 0.29) is 34.5 Å². The molecule has 9 nitrogen and oxygen atoms in total. The van der Waals surface area contributed by atoms with Crippen molar-refractivity contribution in [2.45, 2.75) is 88.6 Å². The van der Waals surface area contributed by atoms with Crippen molar-refractivity contribution in [2.24, 2.45) is 17.6 Å². The molecule has 3 fully saturated rings. The quantitative estimate of drug-likeness (QED) is 0.375. The van der Waals surface area contributed by atoms with Crippen molar-refractivity contribution in [3.05, 3.63) is 59.3 Å². The van der Waals surface area contributed by atoms with E-state index >= 15 is 0 Å². The van der Waals surface area contributed by atoms with E-state index in [9.17, 15) is 18.0 Å². The van der Waals surface area contributed by atoms with E-state index in [4.69, 9.17) is 11.5 Å². The molecule has 5 N–H and O–H groups in total. The fourth-order valence-electron chi connectivity index (χ4n) is 7.48. The van der Waals surface area contributed by atoms with Gasteiger partial charge in [0.1, 0.15) is 18.4 Å². The van der Waals surface area contributed by atoms with Gasteiger partial charge < -0.3 is 11.5 Å². The number of amides is 2. The van der Waals surface area contributed by atoms with Crippen LogP contribution in [0.15, 0.2) is 42.5 Å². The van der Waals surface area contributed by atoms with Crippen molar-refractivity contribution in [2.75, 3.05) is 12.3 Å². The second-order valence-electron chi connectivity index (χ2n) is 12.2. The maximum Gasteiger partial charge on any atom is 0.332 e. The Balaban J connectivity index is 1.54. The lowest BCUT2D eigenvalue weighted by Gasteiger charge is -2.46. The van der Waals surface area contributed by atoms with E-state index in [1.807, 2.05) is 19.1 Å². The number of pyridine rings is 1. The Morgan fingerprint density at radius 3 is 2.48 bits per heavy atom. The topological polar surface area (TPSA) is 145 Å². The summed E-state index contributed by atoms with van der Waals surface area (Å²) in [6.07, 6.45) is 7.81. The highest BCUT2D eigenvalue weighted by molar-refractivity contribution is 7.88. The molecule has 216 valence electrons. The first kappa shape index (κ1) is 28.7. The number of aromatic nitrogens is 1. The molecule has 1 unspecified atom stereocenters. The molecule has 5 rings (SSSR count). The molecule has 2 aromatic rings. The average Bonchev–Trinajstić information content (AvgIpc) is 3.68. The predicted octanol–water partition coefficient (Wildman–Crippen LogP) is 3.31. The zero-order valence-corrected chi connectivity index (χ0v) is 24.2. The van der Waals surface area contributed by atoms with Crippen LogP contribution in [-0.4, -0.2) is 47.8 Å². The van der Waals surface area contributed by atoms with Gasteiger partial charge in [-0.05, 0) is 49.8 Å². The summed E-state index contributed by atoms with van der Waals surface area (Å²) in [7, 11) is -3.85. The minimum Gasteiger partial charge on any atom is -0.384 e. The van der Waals surface area contributed by atoms with Gasteiger partial charge >= 0.3 is 5.91 Å². The predicted molar refractivity (Wildman–Crippen MR) is 154 cm³/mol. The number of aryl methyl sites for hydroxylation is 1. The van der Waals surface area contributed by atoms with Crippen LogP contribution in [0.4, 0.5) is 5.82 Å². The van der Waals surface area contributed by atoms with Gasteiger partial charge in [0.05, 0.1) is 12.3 Å². The maximum absolute atomic E-state index is 14.9. The lowest BCUT2D eigenvalue weighted by molar-refractivity contribution is -0.900. The molecule has 1 aromatic carbocycles. The van der Waals surface area contributed by atoms with Gasteiger partial charge in [-0.2, -0.15) is 4.72 Å². The molecule has 2 aliphatic carbocycles. The maximum atomic E-state index is 14.9. The van der Waals surface area contributed by atoms with Crippen molar-refractivity contribution in [3.63, 3.8) is 0 Å². The number of nitrogens with one attached hydrogen (secondary N) is 1. The monoisotopic (exact) mass is 568 g/mol. The van der Waals surface area contributed by atoms with Crippen molar-refractivity contribution in [1.29, 1.82) is 0 Å². The van der Waals surface area contributed by atoms with Gasteiger partial charge in [-0.25, -0.2) is 22.7 Å². The molecule has 1 saturated heterocycles. The number of nitrogen functional groups attached to an aromatic ring is 1. The molecule has 0 spiro atoms. The molecule has 1 aliphatic heterocycles. The number of carbonyl (C=O) groups is 2. The van der Waals surface area contributed by atoms with Crippen molar-refractivity contribution < 1.29 is 22.5 Å². The van der Waals surface area contributed by atoms with Gasteiger partial charge in [0.2, 0.25) is 10.0 Å². The van der Waals surface area contributed by atoms with Crippen LogP contribution in [-0.2, 0) is 31.9 Å². The van der Waals surface area contributed by atoms with Gasteiger partial charge in [-0.3, -0.25) is 4.79 Å². The Hall–Kier alpha value is -2.82. The zero-order chi connectivity index (χ0) is 28.5. The second kappa shape index (κ2) is 11.2. The first-order valence-corrected chi connectivity index (χ1v) is 16.2. The highest BCUT2D eigenvalue weighted by Crippen LogP contribution is 2.59. The number of nitrogens with two attached hydrogens (primary N) is 2. The van der Waals surface area contributed by atoms with Crippen LogP contribution in [0.1, 0.15) is 74.6 Å². The van der Waals surface area contributed by atoms with Gasteiger partial charge in [0.25, 0.3) is 5.91 Å². The number of likely N-dealkylation sites (tertiary alicyclic amines) is 1. The highest BCUT2D eigenvalue weighted by Gasteiger charge is 2.76.